The van der Waals surface area contributed by atoms with E-state index in [0.717, 1.165) is 41.0 Å². The fourth-order valence-electron chi connectivity index (χ4n) is 4.50. The van der Waals surface area contributed by atoms with Gasteiger partial charge >= 0.3 is 5.97 Å². The molecule has 3 rings (SSSR count). The maximum Gasteiger partial charge on any atom is 0.337 e. The molecule has 0 saturated heterocycles. The molecule has 3 nitrogen and oxygen atoms in total. The molecule has 0 unspecified atom stereocenters. The van der Waals surface area contributed by atoms with Gasteiger partial charge in [-0.3, -0.25) is 0 Å². The Morgan fingerprint density at radius 3 is 1.32 bits per heavy atom. The van der Waals surface area contributed by atoms with E-state index in [2.05, 4.69) is 30.6 Å². The third-order valence-electron chi connectivity index (χ3n) is 7.01. The third-order valence-corrected chi connectivity index (χ3v) is 7.01. The van der Waals surface area contributed by atoms with Gasteiger partial charge in [0.1, 0.15) is 5.75 Å². The van der Waals surface area contributed by atoms with Crippen molar-refractivity contribution >= 4 is 5.97 Å². The molecule has 0 aliphatic carbocycles. The number of esters is 1. The number of unbranched alkanes of at least 4 members (excludes halogenated alkanes) is 11. The lowest BCUT2D eigenvalue weighted by Gasteiger charge is -2.06. The molecule has 0 radical (unpaired) electrons. The Balaban J connectivity index is 1.32. The van der Waals surface area contributed by atoms with Gasteiger partial charge < -0.3 is 9.47 Å². The summed E-state index contributed by atoms with van der Waals surface area (Å²) in [5, 5.41) is 0. The molecule has 0 spiro atoms. The molecule has 0 aromatic heterocycles. The fourth-order valence-corrected chi connectivity index (χ4v) is 4.50. The van der Waals surface area contributed by atoms with Crippen molar-refractivity contribution in [2.24, 2.45) is 0 Å². The first-order valence-electron chi connectivity index (χ1n) is 15.2. The summed E-state index contributed by atoms with van der Waals surface area (Å²) in [6.45, 7) is 3.05. The van der Waals surface area contributed by atoms with Gasteiger partial charge in [0.25, 0.3) is 0 Å². The smallest absolute Gasteiger partial charge is 0.337 e. The quantitative estimate of drug-likeness (QED) is 0.108. The second-order valence-electron chi connectivity index (χ2n) is 10.4. The van der Waals surface area contributed by atoms with E-state index >= 15 is 0 Å². The Bertz CT molecular complexity index is 1280. The molecule has 0 saturated carbocycles. The van der Waals surface area contributed by atoms with E-state index in [1.165, 1.54) is 77.7 Å². The van der Waals surface area contributed by atoms with Crippen LogP contribution < -0.4 is 4.74 Å². The number of carbonyl (C=O) groups excluding carboxylic acids is 1. The summed E-state index contributed by atoms with van der Waals surface area (Å²) in [5.74, 6) is 13.3. The van der Waals surface area contributed by atoms with Crippen LogP contribution in [-0.4, -0.2) is 19.7 Å². The number of benzene rings is 3. The number of hydrogen-bond donors (Lipinski definition) is 0. The minimum Gasteiger partial charge on any atom is -0.494 e. The zero-order chi connectivity index (χ0) is 29.0. The molecular weight excluding hydrogens is 504 g/mol. The molecule has 0 atom stereocenters. The van der Waals surface area contributed by atoms with Crippen LogP contribution in [0.1, 0.15) is 117 Å². The lowest BCUT2D eigenvalue weighted by Crippen LogP contribution is -2.00. The van der Waals surface area contributed by atoms with Gasteiger partial charge in [0.05, 0.1) is 19.3 Å². The Morgan fingerprint density at radius 2 is 0.902 bits per heavy atom. The lowest BCUT2D eigenvalue weighted by molar-refractivity contribution is 0.0600. The first kappa shape index (κ1) is 31.6. The SMILES string of the molecule is CCCCCCCCCCCCCCOc1ccc(C#Cc2ccc(C#Cc3ccc(C(=O)OC)cc3)cc2)cc1. The first-order chi connectivity index (χ1) is 20.2. The van der Waals surface area contributed by atoms with Crippen molar-refractivity contribution < 1.29 is 14.3 Å². The van der Waals surface area contributed by atoms with E-state index in [4.69, 9.17) is 9.47 Å². The molecule has 3 heteroatoms. The number of hydrogen-bond acceptors (Lipinski definition) is 3. The van der Waals surface area contributed by atoms with Crippen molar-refractivity contribution in [3.8, 4) is 29.4 Å². The maximum absolute atomic E-state index is 11.5. The molecule has 0 amide bonds. The molecule has 0 aliphatic heterocycles. The van der Waals surface area contributed by atoms with Crippen LogP contribution in [0, 0.1) is 23.7 Å². The Morgan fingerprint density at radius 1 is 0.537 bits per heavy atom. The van der Waals surface area contributed by atoms with Gasteiger partial charge in [-0.1, -0.05) is 101 Å². The van der Waals surface area contributed by atoms with E-state index in [9.17, 15) is 4.79 Å². The van der Waals surface area contributed by atoms with Crippen LogP contribution in [0.2, 0.25) is 0 Å². The average molecular weight is 549 g/mol. The van der Waals surface area contributed by atoms with Gasteiger partial charge in [-0.15, -0.1) is 0 Å². The summed E-state index contributed by atoms with van der Waals surface area (Å²) in [6, 6.07) is 23.0. The van der Waals surface area contributed by atoms with Crippen LogP contribution in [0.4, 0.5) is 0 Å². The number of ether oxygens (including phenoxy) is 2. The number of carbonyl (C=O) groups is 1. The normalized spacial score (nSPS) is 10.2. The monoisotopic (exact) mass is 548 g/mol. The van der Waals surface area contributed by atoms with Crippen LogP contribution in [-0.2, 0) is 4.74 Å². The van der Waals surface area contributed by atoms with E-state index < -0.39 is 0 Å². The van der Waals surface area contributed by atoms with E-state index in [1.807, 2.05) is 60.7 Å². The van der Waals surface area contributed by atoms with Gasteiger partial charge in [0.2, 0.25) is 0 Å². The number of rotatable bonds is 15. The highest BCUT2D eigenvalue weighted by Crippen LogP contribution is 2.15. The van der Waals surface area contributed by atoms with Gasteiger partial charge in [-0.25, -0.2) is 4.79 Å². The summed E-state index contributed by atoms with van der Waals surface area (Å²) >= 11 is 0. The van der Waals surface area contributed by atoms with Crippen molar-refractivity contribution in [3.63, 3.8) is 0 Å². The highest BCUT2D eigenvalue weighted by atomic mass is 16.5. The molecule has 0 N–H and O–H groups in total. The minimum atomic E-state index is -0.351. The lowest BCUT2D eigenvalue weighted by atomic mass is 10.1. The van der Waals surface area contributed by atoms with Crippen molar-refractivity contribution in [1.29, 1.82) is 0 Å². The Kier molecular flexibility index (Phi) is 14.8. The minimum absolute atomic E-state index is 0.351. The van der Waals surface area contributed by atoms with E-state index in [-0.39, 0.29) is 5.97 Å². The molecule has 41 heavy (non-hydrogen) atoms. The molecule has 3 aromatic rings. The molecule has 0 aliphatic rings. The third kappa shape index (κ3) is 12.8. The topological polar surface area (TPSA) is 35.5 Å². The molecule has 0 heterocycles. The zero-order valence-electron chi connectivity index (χ0n) is 24.8. The highest BCUT2D eigenvalue weighted by Gasteiger charge is 2.03. The average Bonchev–Trinajstić information content (AvgIpc) is 3.02. The second kappa shape index (κ2) is 19.2. The van der Waals surface area contributed by atoms with Gasteiger partial charge in [-0.05, 0) is 79.2 Å². The number of methoxy groups -OCH3 is 1. The van der Waals surface area contributed by atoms with Crippen LogP contribution in [0.25, 0.3) is 0 Å². The largest absolute Gasteiger partial charge is 0.494 e. The van der Waals surface area contributed by atoms with Crippen molar-refractivity contribution in [2.45, 2.75) is 84.0 Å². The van der Waals surface area contributed by atoms with Crippen molar-refractivity contribution in [3.05, 3.63) is 101 Å². The van der Waals surface area contributed by atoms with Crippen molar-refractivity contribution in [2.75, 3.05) is 13.7 Å². The molecule has 0 fully saturated rings. The Hall–Kier alpha value is -3.95. The molecule has 0 bridgehead atoms. The standard InChI is InChI=1S/C38H44O3/c1-3-4-5-6-7-8-9-10-11-12-13-14-31-41-37-29-25-35(26-30-37)22-20-33-17-15-32(16-18-33)19-21-34-23-27-36(28-24-34)38(39)40-2/h15-18,23-30H,3-14,31H2,1-2H3. The molecular formula is C38H44O3. The van der Waals surface area contributed by atoms with Gasteiger partial charge in [0.15, 0.2) is 0 Å². The zero-order valence-corrected chi connectivity index (χ0v) is 24.8. The van der Waals surface area contributed by atoms with Crippen LogP contribution >= 0.6 is 0 Å². The maximum atomic E-state index is 11.5. The van der Waals surface area contributed by atoms with Gasteiger partial charge in [-0.2, -0.15) is 0 Å². The van der Waals surface area contributed by atoms with Crippen molar-refractivity contribution in [1.82, 2.24) is 0 Å². The molecule has 3 aromatic carbocycles. The summed E-state index contributed by atoms with van der Waals surface area (Å²) in [7, 11) is 1.37. The second-order valence-corrected chi connectivity index (χ2v) is 10.4. The highest BCUT2D eigenvalue weighted by molar-refractivity contribution is 5.89. The van der Waals surface area contributed by atoms with E-state index in [0.29, 0.717) is 5.56 Å². The van der Waals surface area contributed by atoms with Crippen LogP contribution in [0.15, 0.2) is 72.8 Å². The van der Waals surface area contributed by atoms with Crippen LogP contribution in [0.5, 0.6) is 5.75 Å². The van der Waals surface area contributed by atoms with Gasteiger partial charge in [0, 0.05) is 22.3 Å². The predicted molar refractivity (Wildman–Crippen MR) is 169 cm³/mol. The van der Waals surface area contributed by atoms with Crippen LogP contribution in [0.3, 0.4) is 0 Å². The summed E-state index contributed by atoms with van der Waals surface area (Å²) < 4.78 is 10.6. The fraction of sp³-hybridized carbons (Fsp3) is 0.395. The Labute approximate surface area is 247 Å². The summed E-state index contributed by atoms with van der Waals surface area (Å²) in [6.07, 6.45) is 16.2. The summed E-state index contributed by atoms with van der Waals surface area (Å²) in [5.41, 5.74) is 4.15. The molecule has 214 valence electrons. The first-order valence-corrected chi connectivity index (χ1v) is 15.2. The predicted octanol–water partition coefficient (Wildman–Crippen LogP) is 9.35. The summed E-state index contributed by atoms with van der Waals surface area (Å²) in [4.78, 5) is 11.5. The van der Waals surface area contributed by atoms with E-state index in [1.54, 1.807) is 12.1 Å².